The van der Waals surface area contributed by atoms with Crippen LogP contribution in [0, 0.1) is 0 Å². The summed E-state index contributed by atoms with van der Waals surface area (Å²) in [6, 6.07) is 15.8. The topological polar surface area (TPSA) is 38.8 Å². The molecule has 1 aliphatic heterocycles. The van der Waals surface area contributed by atoms with Crippen molar-refractivity contribution < 1.29 is 14.3 Å². The highest BCUT2D eigenvalue weighted by molar-refractivity contribution is 8.26. The molecule has 0 spiro atoms. The van der Waals surface area contributed by atoms with Crippen LogP contribution in [0.1, 0.15) is 38.8 Å². The molecule has 0 bridgehead atoms. The maximum absolute atomic E-state index is 12.3. The van der Waals surface area contributed by atoms with Gasteiger partial charge in [0.15, 0.2) is 0 Å². The molecule has 0 saturated carbocycles. The van der Waals surface area contributed by atoms with Crippen molar-refractivity contribution in [3.63, 3.8) is 0 Å². The van der Waals surface area contributed by atoms with Crippen LogP contribution >= 0.6 is 24.0 Å². The Bertz CT molecular complexity index is 928. The molecule has 1 heterocycles. The molecule has 1 fully saturated rings. The average Bonchev–Trinajstić information content (AvgIpc) is 2.98. The maximum atomic E-state index is 12.3. The number of likely N-dealkylation sites (N-methyl/N-ethyl adjacent to an activating group) is 1. The van der Waals surface area contributed by atoms with Gasteiger partial charge in [-0.2, -0.15) is 0 Å². The number of hydrogen-bond acceptors (Lipinski definition) is 5. The lowest BCUT2D eigenvalue weighted by atomic mass is 9.87. The van der Waals surface area contributed by atoms with E-state index in [1.54, 1.807) is 4.90 Å². The van der Waals surface area contributed by atoms with Gasteiger partial charge >= 0.3 is 0 Å². The van der Waals surface area contributed by atoms with Gasteiger partial charge in [-0.25, -0.2) is 0 Å². The SMILES string of the molecule is CCN1C(=O)/C(=C\c2ccc(OCCOc3ccc(C(C)(C)C)cc3)cc2)SC1=S. The fraction of sp³-hybridized carbons (Fsp3) is 0.333. The Hall–Kier alpha value is -2.31. The first kappa shape index (κ1) is 22.4. The maximum Gasteiger partial charge on any atom is 0.266 e. The van der Waals surface area contributed by atoms with Crippen molar-refractivity contribution in [3.8, 4) is 11.5 Å². The van der Waals surface area contributed by atoms with Crippen molar-refractivity contribution in [1.29, 1.82) is 0 Å². The first-order valence-corrected chi connectivity index (χ1v) is 11.2. The molecule has 0 radical (unpaired) electrons. The number of ether oxygens (including phenoxy) is 2. The number of nitrogens with zero attached hydrogens (tertiary/aromatic N) is 1. The smallest absolute Gasteiger partial charge is 0.266 e. The minimum atomic E-state index is -0.0273. The summed E-state index contributed by atoms with van der Waals surface area (Å²) in [6.07, 6.45) is 1.86. The van der Waals surface area contributed by atoms with Crippen LogP contribution in [0.3, 0.4) is 0 Å². The number of thioether (sulfide) groups is 1. The van der Waals surface area contributed by atoms with E-state index >= 15 is 0 Å². The van der Waals surface area contributed by atoms with E-state index in [0.29, 0.717) is 29.0 Å². The standard InChI is InChI=1S/C24H27NO3S2/c1-5-25-22(26)21(30-23(25)29)16-17-6-10-19(11-7-17)27-14-15-28-20-12-8-18(9-13-20)24(2,3)4/h6-13,16H,5,14-15H2,1-4H3/b21-16+. The van der Waals surface area contributed by atoms with Crippen molar-refractivity contribution in [2.24, 2.45) is 0 Å². The minimum absolute atomic E-state index is 0.0273. The molecular formula is C24H27NO3S2. The summed E-state index contributed by atoms with van der Waals surface area (Å²) in [7, 11) is 0. The Labute approximate surface area is 188 Å². The monoisotopic (exact) mass is 441 g/mol. The molecule has 1 amide bonds. The number of hydrogen-bond donors (Lipinski definition) is 0. The number of amides is 1. The van der Waals surface area contributed by atoms with E-state index in [1.807, 2.05) is 49.4 Å². The lowest BCUT2D eigenvalue weighted by molar-refractivity contribution is -0.121. The predicted octanol–water partition coefficient (Wildman–Crippen LogP) is 5.66. The highest BCUT2D eigenvalue weighted by atomic mass is 32.2. The first-order chi connectivity index (χ1) is 14.3. The Morgan fingerprint density at radius 2 is 1.50 bits per heavy atom. The van der Waals surface area contributed by atoms with E-state index in [-0.39, 0.29) is 11.3 Å². The van der Waals surface area contributed by atoms with Gasteiger partial charge in [-0.1, -0.05) is 69.0 Å². The van der Waals surface area contributed by atoms with Crippen molar-refractivity contribution >= 4 is 40.3 Å². The van der Waals surface area contributed by atoms with Crippen LogP contribution in [0.15, 0.2) is 53.4 Å². The molecule has 4 nitrogen and oxygen atoms in total. The molecule has 1 saturated heterocycles. The lowest BCUT2D eigenvalue weighted by Gasteiger charge is -2.19. The zero-order chi connectivity index (χ0) is 21.7. The van der Waals surface area contributed by atoms with Crippen LogP contribution in [0.4, 0.5) is 0 Å². The normalized spacial score (nSPS) is 15.7. The molecule has 0 atom stereocenters. The molecule has 0 unspecified atom stereocenters. The number of carbonyl (C=O) groups is 1. The molecule has 3 rings (SSSR count). The second-order valence-corrected chi connectivity index (χ2v) is 9.64. The number of benzene rings is 2. The van der Waals surface area contributed by atoms with Gasteiger partial charge in [0.25, 0.3) is 5.91 Å². The molecule has 0 N–H and O–H groups in total. The molecule has 2 aromatic carbocycles. The third-order valence-electron chi connectivity index (χ3n) is 4.71. The molecule has 6 heteroatoms. The molecule has 0 aliphatic carbocycles. The van der Waals surface area contributed by atoms with Crippen molar-refractivity contribution in [3.05, 3.63) is 64.6 Å². The van der Waals surface area contributed by atoms with E-state index in [9.17, 15) is 4.79 Å². The third-order valence-corrected chi connectivity index (χ3v) is 6.09. The van der Waals surface area contributed by atoms with Crippen LogP contribution in [-0.2, 0) is 10.2 Å². The van der Waals surface area contributed by atoms with Crippen molar-refractivity contribution in [1.82, 2.24) is 4.90 Å². The zero-order valence-electron chi connectivity index (χ0n) is 17.8. The van der Waals surface area contributed by atoms with Crippen LogP contribution in [-0.4, -0.2) is 34.9 Å². The van der Waals surface area contributed by atoms with Crippen LogP contribution < -0.4 is 9.47 Å². The van der Waals surface area contributed by atoms with E-state index < -0.39 is 0 Å². The second kappa shape index (κ2) is 9.67. The molecule has 30 heavy (non-hydrogen) atoms. The molecule has 158 valence electrons. The summed E-state index contributed by atoms with van der Waals surface area (Å²) in [5, 5.41) is 0. The Morgan fingerprint density at radius 3 is 1.97 bits per heavy atom. The fourth-order valence-electron chi connectivity index (χ4n) is 2.95. The van der Waals surface area contributed by atoms with Crippen molar-refractivity contribution in [2.75, 3.05) is 19.8 Å². The number of rotatable bonds is 7. The number of carbonyl (C=O) groups excluding carboxylic acids is 1. The molecule has 2 aromatic rings. The van der Waals surface area contributed by atoms with Gasteiger partial charge in [0.1, 0.15) is 29.0 Å². The van der Waals surface area contributed by atoms with Gasteiger partial charge < -0.3 is 9.47 Å². The molecule has 1 aliphatic rings. The van der Waals surface area contributed by atoms with E-state index in [1.165, 1.54) is 17.3 Å². The summed E-state index contributed by atoms with van der Waals surface area (Å²) in [6.45, 7) is 10.0. The van der Waals surface area contributed by atoms with E-state index in [0.717, 1.165) is 17.1 Å². The minimum Gasteiger partial charge on any atom is -0.490 e. The predicted molar refractivity (Wildman–Crippen MR) is 128 cm³/mol. The second-order valence-electron chi connectivity index (χ2n) is 7.97. The number of thiocarbonyl (C=S) groups is 1. The van der Waals surface area contributed by atoms with Gasteiger partial charge in [-0.05, 0) is 53.8 Å². The van der Waals surface area contributed by atoms with Gasteiger partial charge in [-0.15, -0.1) is 0 Å². The van der Waals surface area contributed by atoms with Crippen LogP contribution in [0.5, 0.6) is 11.5 Å². The third kappa shape index (κ3) is 5.64. The van der Waals surface area contributed by atoms with Crippen LogP contribution in [0.2, 0.25) is 0 Å². The Kier molecular flexibility index (Phi) is 7.21. The average molecular weight is 442 g/mol. The lowest BCUT2D eigenvalue weighted by Crippen LogP contribution is -2.27. The Morgan fingerprint density at radius 1 is 0.967 bits per heavy atom. The summed E-state index contributed by atoms with van der Waals surface area (Å²) in [5.41, 5.74) is 2.35. The summed E-state index contributed by atoms with van der Waals surface area (Å²) in [4.78, 5) is 14.6. The largest absolute Gasteiger partial charge is 0.490 e. The fourth-order valence-corrected chi connectivity index (χ4v) is 4.34. The summed E-state index contributed by atoms with van der Waals surface area (Å²) in [5.74, 6) is 1.58. The van der Waals surface area contributed by atoms with Crippen molar-refractivity contribution in [2.45, 2.75) is 33.1 Å². The highest BCUT2D eigenvalue weighted by Gasteiger charge is 2.30. The van der Waals surface area contributed by atoms with Gasteiger partial charge in [0, 0.05) is 6.54 Å². The molecular weight excluding hydrogens is 414 g/mol. The first-order valence-electron chi connectivity index (χ1n) is 9.99. The van der Waals surface area contributed by atoms with Crippen LogP contribution in [0.25, 0.3) is 6.08 Å². The quantitative estimate of drug-likeness (QED) is 0.315. The molecule has 0 aromatic heterocycles. The van der Waals surface area contributed by atoms with Gasteiger partial charge in [0.2, 0.25) is 0 Å². The summed E-state index contributed by atoms with van der Waals surface area (Å²) < 4.78 is 12.1. The zero-order valence-corrected chi connectivity index (χ0v) is 19.4. The van der Waals surface area contributed by atoms with E-state index in [2.05, 4.69) is 32.9 Å². The Balaban J connectivity index is 1.48. The summed E-state index contributed by atoms with van der Waals surface area (Å²) >= 11 is 6.59. The highest BCUT2D eigenvalue weighted by Crippen LogP contribution is 2.32. The van der Waals surface area contributed by atoms with Gasteiger partial charge in [0.05, 0.1) is 4.91 Å². The van der Waals surface area contributed by atoms with E-state index in [4.69, 9.17) is 21.7 Å². The van der Waals surface area contributed by atoms with Gasteiger partial charge in [-0.3, -0.25) is 9.69 Å².